The number of rotatable bonds is 9. The van der Waals surface area contributed by atoms with Crippen molar-refractivity contribution in [1.29, 1.82) is 0 Å². The Morgan fingerprint density at radius 1 is 1.55 bits per heavy atom. The van der Waals surface area contributed by atoms with Crippen LogP contribution in [0.25, 0.3) is 0 Å². The van der Waals surface area contributed by atoms with E-state index in [9.17, 15) is 9.36 Å². The third-order valence-corrected chi connectivity index (χ3v) is 4.05. The third kappa shape index (κ3) is 5.69. The average Bonchev–Trinajstić information content (AvgIpc) is 2.96. The Bertz CT molecular complexity index is 461. The maximum atomic E-state index is 12.3. The van der Waals surface area contributed by atoms with Gasteiger partial charge in [0.25, 0.3) is 0 Å². The Morgan fingerprint density at radius 3 is 2.95 bits per heavy atom. The molecule has 1 amide bonds. The maximum Gasteiger partial charge on any atom is 0.355 e. The van der Waals surface area contributed by atoms with Gasteiger partial charge in [-0.05, 0) is 6.42 Å². The van der Waals surface area contributed by atoms with Gasteiger partial charge in [0.15, 0.2) is 0 Å². The molecule has 1 unspecified atom stereocenters. The first-order valence-corrected chi connectivity index (χ1v) is 8.15. The highest BCUT2D eigenvalue weighted by Gasteiger charge is 2.24. The van der Waals surface area contributed by atoms with Crippen LogP contribution in [0.4, 0.5) is 4.79 Å². The summed E-state index contributed by atoms with van der Waals surface area (Å²) >= 11 is 0. The van der Waals surface area contributed by atoms with Crippen molar-refractivity contribution >= 4 is 13.6 Å². The molecule has 1 aromatic heterocycles. The van der Waals surface area contributed by atoms with Crippen LogP contribution in [0, 0.1) is 0 Å². The van der Waals surface area contributed by atoms with Crippen molar-refractivity contribution < 1.29 is 18.5 Å². The maximum absolute atomic E-state index is 12.3. The second-order valence-corrected chi connectivity index (χ2v) is 6.12. The molecule has 1 N–H and O–H groups in total. The van der Waals surface area contributed by atoms with Gasteiger partial charge in [-0.25, -0.2) is 15.3 Å². The van der Waals surface area contributed by atoms with E-state index in [1.807, 2.05) is 0 Å². The Morgan fingerprint density at radius 2 is 2.35 bits per heavy atom. The van der Waals surface area contributed by atoms with Crippen LogP contribution in [0.1, 0.15) is 26.2 Å². The molecule has 0 saturated heterocycles. The number of allylic oxidation sites excluding steroid dienone is 1. The van der Waals surface area contributed by atoms with Gasteiger partial charge in [0.05, 0.1) is 12.8 Å². The minimum absolute atomic E-state index is 0.0311. The van der Waals surface area contributed by atoms with Crippen LogP contribution in [0.5, 0.6) is 0 Å². The van der Waals surface area contributed by atoms with E-state index < -0.39 is 13.6 Å². The molecule has 8 heteroatoms. The fraction of sp³-hybridized carbons (Fsp3) is 0.500. The van der Waals surface area contributed by atoms with E-state index in [0.717, 1.165) is 23.8 Å². The number of amides is 1. The van der Waals surface area contributed by atoms with E-state index >= 15 is 0 Å². The lowest BCUT2D eigenvalue weighted by atomic mass is 10.3. The minimum atomic E-state index is -3.40. The summed E-state index contributed by atoms with van der Waals surface area (Å²) in [5.41, 5.74) is 2.10. The van der Waals surface area contributed by atoms with Crippen molar-refractivity contribution in [3.63, 3.8) is 0 Å². The Kier molecular flexibility index (Phi) is 7.22. The molecule has 20 heavy (non-hydrogen) atoms. The van der Waals surface area contributed by atoms with Gasteiger partial charge in [0.1, 0.15) is 6.33 Å². The van der Waals surface area contributed by atoms with Crippen molar-refractivity contribution in [3.8, 4) is 0 Å². The van der Waals surface area contributed by atoms with Gasteiger partial charge < -0.3 is 4.52 Å². The Hall–Kier alpha value is -1.43. The molecular weight excluding hydrogens is 281 g/mol. The molecule has 0 fully saturated rings. The summed E-state index contributed by atoms with van der Waals surface area (Å²) in [4.78, 5) is 15.3. The van der Waals surface area contributed by atoms with E-state index in [1.165, 1.54) is 24.8 Å². The molecule has 1 aromatic rings. The van der Waals surface area contributed by atoms with Crippen molar-refractivity contribution in [3.05, 3.63) is 31.4 Å². The second kappa shape index (κ2) is 8.68. The van der Waals surface area contributed by atoms with E-state index in [0.29, 0.717) is 6.61 Å². The molecule has 0 spiro atoms. The summed E-state index contributed by atoms with van der Waals surface area (Å²) in [6, 6.07) is -0.594. The summed E-state index contributed by atoms with van der Waals surface area (Å²) in [6.45, 7) is 5.89. The van der Waals surface area contributed by atoms with Crippen LogP contribution in [-0.4, -0.2) is 28.4 Å². The largest absolute Gasteiger partial charge is 0.355 e. The van der Waals surface area contributed by atoms with Gasteiger partial charge in [0, 0.05) is 12.4 Å². The lowest BCUT2D eigenvalue weighted by Gasteiger charge is -2.16. The molecule has 0 aliphatic rings. The number of nitrogens with zero attached hydrogens (tertiary/aromatic N) is 2. The highest BCUT2D eigenvalue weighted by atomic mass is 31.2. The van der Waals surface area contributed by atoms with E-state index in [2.05, 4.69) is 24.0 Å². The zero-order chi connectivity index (χ0) is 14.8. The zero-order valence-corrected chi connectivity index (χ0v) is 12.4. The van der Waals surface area contributed by atoms with Crippen LogP contribution in [0.15, 0.2) is 31.4 Å². The topological polar surface area (TPSA) is 82.5 Å². The molecule has 0 aliphatic heterocycles. The fourth-order valence-corrected chi connectivity index (χ4v) is 2.54. The molecule has 0 radical (unpaired) electrons. The summed E-state index contributed by atoms with van der Waals surface area (Å²) in [6.07, 6.45) is 8.47. The number of unbranched alkanes of at least 4 members (excludes halogenated alkanes) is 2. The normalized spacial score (nSPS) is 13.7. The van der Waals surface area contributed by atoms with Crippen LogP contribution in [-0.2, 0) is 13.7 Å². The first-order chi connectivity index (χ1) is 9.61. The highest BCUT2D eigenvalue weighted by molar-refractivity contribution is 7.54. The van der Waals surface area contributed by atoms with Gasteiger partial charge in [0.2, 0.25) is 0 Å². The van der Waals surface area contributed by atoms with Crippen LogP contribution < -0.4 is 5.48 Å². The second-order valence-electron chi connectivity index (χ2n) is 4.09. The SMILES string of the molecule is C=CCP(=O)(OCCCCC)ONC(=O)n1ccnc1. The van der Waals surface area contributed by atoms with Crippen molar-refractivity contribution in [2.24, 2.45) is 0 Å². The molecule has 0 saturated carbocycles. The lowest BCUT2D eigenvalue weighted by Crippen LogP contribution is -2.27. The van der Waals surface area contributed by atoms with E-state index in [1.54, 1.807) is 0 Å². The van der Waals surface area contributed by atoms with Gasteiger partial charge in [-0.2, -0.15) is 4.62 Å². The number of hydrogen-bond donors (Lipinski definition) is 1. The van der Waals surface area contributed by atoms with Gasteiger partial charge >= 0.3 is 13.6 Å². The molecule has 1 atom stereocenters. The average molecular weight is 301 g/mol. The fourth-order valence-electron chi connectivity index (χ4n) is 1.37. The first-order valence-electron chi connectivity index (χ1n) is 6.42. The molecule has 1 heterocycles. The molecule has 0 bridgehead atoms. The number of imidazole rings is 1. The van der Waals surface area contributed by atoms with Crippen molar-refractivity contribution in [2.75, 3.05) is 12.8 Å². The monoisotopic (exact) mass is 301 g/mol. The van der Waals surface area contributed by atoms with Crippen molar-refractivity contribution in [1.82, 2.24) is 15.0 Å². The lowest BCUT2D eigenvalue weighted by molar-refractivity contribution is 0.143. The van der Waals surface area contributed by atoms with Gasteiger partial charge in [-0.15, -0.1) is 6.58 Å². The minimum Gasteiger partial charge on any atom is -0.307 e. The van der Waals surface area contributed by atoms with E-state index in [4.69, 9.17) is 9.15 Å². The summed E-state index contributed by atoms with van der Waals surface area (Å²) in [5.74, 6) is 0. The molecule has 7 nitrogen and oxygen atoms in total. The van der Waals surface area contributed by atoms with Crippen LogP contribution >= 0.6 is 7.60 Å². The summed E-state index contributed by atoms with van der Waals surface area (Å²) < 4.78 is 23.7. The zero-order valence-electron chi connectivity index (χ0n) is 11.5. The number of hydroxylamine groups is 1. The Labute approximate surface area is 118 Å². The first kappa shape index (κ1) is 16.6. The van der Waals surface area contributed by atoms with Crippen LogP contribution in [0.2, 0.25) is 0 Å². The number of hydrogen-bond acceptors (Lipinski definition) is 5. The van der Waals surface area contributed by atoms with E-state index in [-0.39, 0.29) is 6.16 Å². The predicted octanol–water partition coefficient (Wildman–Crippen LogP) is 2.96. The molecule has 0 aromatic carbocycles. The van der Waals surface area contributed by atoms with Gasteiger partial charge in [-0.3, -0.25) is 9.13 Å². The third-order valence-electron chi connectivity index (χ3n) is 2.40. The Balaban J connectivity index is 2.46. The summed E-state index contributed by atoms with van der Waals surface area (Å²) in [7, 11) is -3.40. The molecule has 112 valence electrons. The number of nitrogens with one attached hydrogen (secondary N) is 1. The van der Waals surface area contributed by atoms with Crippen LogP contribution in [0.3, 0.4) is 0 Å². The quantitative estimate of drug-likeness (QED) is 0.328. The predicted molar refractivity (Wildman–Crippen MR) is 75.4 cm³/mol. The molecule has 0 aliphatic carbocycles. The number of carbonyl (C=O) groups excluding carboxylic acids is 1. The summed E-state index contributed by atoms with van der Waals surface area (Å²) in [5, 5.41) is 0. The number of carbonyl (C=O) groups is 1. The standard InChI is InChI=1S/C12H20N3O4P/c1-3-5-6-9-18-20(17,10-4-2)19-14-12(16)15-8-7-13-11-15/h4,7-8,11H,2-3,5-6,9-10H2,1H3,(H,14,16). The molecule has 1 rings (SSSR count). The molecular formula is C12H20N3O4P. The number of aromatic nitrogens is 2. The van der Waals surface area contributed by atoms with Gasteiger partial charge in [-0.1, -0.05) is 25.8 Å². The highest BCUT2D eigenvalue weighted by Crippen LogP contribution is 2.47. The van der Waals surface area contributed by atoms with Crippen molar-refractivity contribution in [2.45, 2.75) is 26.2 Å². The smallest absolute Gasteiger partial charge is 0.307 e.